The molecule has 1 amide bonds. The van der Waals surface area contributed by atoms with Crippen LogP contribution in [0.4, 0.5) is 4.79 Å². The van der Waals surface area contributed by atoms with E-state index in [1.807, 2.05) is 49.9 Å². The van der Waals surface area contributed by atoms with E-state index in [1.165, 1.54) is 0 Å². The summed E-state index contributed by atoms with van der Waals surface area (Å²) in [5, 5.41) is 0. The summed E-state index contributed by atoms with van der Waals surface area (Å²) in [7, 11) is -0.979. The van der Waals surface area contributed by atoms with Crippen LogP contribution < -0.4 is 5.73 Å². The van der Waals surface area contributed by atoms with E-state index in [4.69, 9.17) is 10.5 Å². The average molecular weight is 381 g/mol. The molecule has 1 aliphatic heterocycles. The Bertz CT molecular complexity index is 675. The molecule has 0 aromatic heterocycles. The third kappa shape index (κ3) is 6.01. The number of benzene rings is 1. The summed E-state index contributed by atoms with van der Waals surface area (Å²) in [6, 6.07) is 7.51. The fraction of sp³-hybridized carbons (Fsp3) is 0.556. The molecule has 1 aromatic rings. The Hall–Kier alpha value is -2.09. The van der Waals surface area contributed by atoms with Gasteiger partial charge in [0.15, 0.2) is 5.96 Å². The minimum Gasteiger partial charge on any atom is -0.444 e. The highest BCUT2D eigenvalue weighted by Crippen LogP contribution is 2.12. The van der Waals surface area contributed by atoms with E-state index >= 15 is 0 Å². The van der Waals surface area contributed by atoms with Crippen molar-refractivity contribution >= 4 is 22.9 Å². The number of carbonyl (C=O) groups is 1. The third-order valence-electron chi connectivity index (χ3n) is 3.93. The molecule has 144 valence electrons. The smallest absolute Gasteiger partial charge is 0.410 e. The van der Waals surface area contributed by atoms with Crippen molar-refractivity contribution in [2.45, 2.75) is 37.8 Å². The van der Waals surface area contributed by atoms with Gasteiger partial charge in [-0.05, 0) is 38.5 Å². The van der Waals surface area contributed by atoms with E-state index in [2.05, 4.69) is 4.99 Å². The summed E-state index contributed by atoms with van der Waals surface area (Å²) >= 11 is 0. The van der Waals surface area contributed by atoms with Crippen LogP contribution in [0.5, 0.6) is 0 Å². The number of piperazine rings is 1. The van der Waals surface area contributed by atoms with Crippen LogP contribution in [0.2, 0.25) is 0 Å². The summed E-state index contributed by atoms with van der Waals surface area (Å²) < 4.78 is 16.8. The van der Waals surface area contributed by atoms with E-state index < -0.39 is 16.4 Å². The first-order chi connectivity index (χ1) is 12.2. The Morgan fingerprint density at radius 1 is 1.15 bits per heavy atom. The normalized spacial score (nSPS) is 17.2. The number of ether oxygens (including phenoxy) is 1. The molecule has 0 bridgehead atoms. The van der Waals surface area contributed by atoms with Gasteiger partial charge in [-0.25, -0.2) is 9.79 Å². The summed E-state index contributed by atoms with van der Waals surface area (Å²) in [5.74, 6) is 0.469. The van der Waals surface area contributed by atoms with Gasteiger partial charge >= 0.3 is 6.09 Å². The van der Waals surface area contributed by atoms with Crippen LogP contribution in [-0.4, -0.2) is 64.1 Å². The lowest BCUT2D eigenvalue weighted by molar-refractivity contribution is 0.0186. The number of nitrogens with zero attached hydrogens (tertiary/aromatic N) is 3. The first-order valence-corrected chi connectivity index (χ1v) is 10.2. The van der Waals surface area contributed by atoms with Crippen molar-refractivity contribution in [1.29, 1.82) is 0 Å². The molecule has 2 rings (SSSR count). The Kier molecular flexibility index (Phi) is 6.63. The lowest BCUT2D eigenvalue weighted by Gasteiger charge is -2.36. The minimum absolute atomic E-state index is 0.291. The average Bonchev–Trinajstić information content (AvgIpc) is 2.58. The lowest BCUT2D eigenvalue weighted by atomic mass is 10.2. The van der Waals surface area contributed by atoms with Crippen LogP contribution in [0.25, 0.3) is 0 Å². The first kappa shape index (κ1) is 20.2. The molecule has 1 saturated heterocycles. The number of rotatable bonds is 3. The van der Waals surface area contributed by atoms with Gasteiger partial charge in [0.05, 0.1) is 6.54 Å². The van der Waals surface area contributed by atoms with Crippen molar-refractivity contribution in [1.82, 2.24) is 9.80 Å². The van der Waals surface area contributed by atoms with E-state index in [0.717, 1.165) is 10.5 Å². The van der Waals surface area contributed by atoms with Gasteiger partial charge in [-0.3, -0.25) is 4.21 Å². The minimum atomic E-state index is -0.979. The number of carbonyl (C=O) groups excluding carboxylic acids is 1. The quantitative estimate of drug-likeness (QED) is 0.638. The van der Waals surface area contributed by atoms with Gasteiger partial charge in [0.2, 0.25) is 0 Å². The van der Waals surface area contributed by atoms with Crippen molar-refractivity contribution in [3.63, 3.8) is 0 Å². The second-order valence-corrected chi connectivity index (χ2v) is 8.61. The van der Waals surface area contributed by atoms with E-state index in [-0.39, 0.29) is 6.09 Å². The largest absolute Gasteiger partial charge is 0.444 e. The third-order valence-corrected chi connectivity index (χ3v) is 4.87. The van der Waals surface area contributed by atoms with Gasteiger partial charge in [-0.2, -0.15) is 0 Å². The molecule has 0 aliphatic carbocycles. The fourth-order valence-corrected chi connectivity index (χ4v) is 3.02. The van der Waals surface area contributed by atoms with Crippen LogP contribution in [-0.2, 0) is 22.1 Å². The Morgan fingerprint density at radius 3 is 2.19 bits per heavy atom. The molecule has 0 radical (unpaired) electrons. The number of hydrogen-bond acceptors (Lipinski definition) is 4. The van der Waals surface area contributed by atoms with Gasteiger partial charge < -0.3 is 20.3 Å². The van der Waals surface area contributed by atoms with Gasteiger partial charge in [-0.1, -0.05) is 12.1 Å². The van der Waals surface area contributed by atoms with Crippen LogP contribution >= 0.6 is 0 Å². The standard InChI is InChI=1S/C18H28N4O3S/c1-18(2,3)25-17(23)22-11-9-21(10-12-22)16(19)20-13-14-5-7-15(8-6-14)26(4)24/h5-8H,9-13H2,1-4H3,(H2,19,20). The molecule has 1 atom stereocenters. The molecule has 1 aromatic carbocycles. The summed E-state index contributed by atoms with van der Waals surface area (Å²) in [6.45, 7) is 8.41. The predicted molar refractivity (Wildman–Crippen MR) is 103 cm³/mol. The van der Waals surface area contributed by atoms with Gasteiger partial charge in [-0.15, -0.1) is 0 Å². The van der Waals surface area contributed by atoms with Gasteiger partial charge in [0.25, 0.3) is 0 Å². The molecule has 1 heterocycles. The lowest BCUT2D eigenvalue weighted by Crippen LogP contribution is -2.53. The summed E-state index contributed by atoms with van der Waals surface area (Å²) in [4.78, 5) is 21.0. The van der Waals surface area contributed by atoms with Crippen LogP contribution in [0.1, 0.15) is 26.3 Å². The molecule has 7 nitrogen and oxygen atoms in total. The molecule has 2 N–H and O–H groups in total. The molecule has 1 fully saturated rings. The zero-order valence-corrected chi connectivity index (χ0v) is 16.7. The highest BCUT2D eigenvalue weighted by atomic mass is 32.2. The van der Waals surface area contributed by atoms with Crippen LogP contribution in [0.3, 0.4) is 0 Å². The molecular weight excluding hydrogens is 352 g/mol. The van der Waals surface area contributed by atoms with E-state index in [9.17, 15) is 9.00 Å². The predicted octanol–water partition coefficient (Wildman–Crippen LogP) is 1.79. The SMILES string of the molecule is CS(=O)c1ccc(CN=C(N)N2CCN(C(=O)OC(C)(C)C)CC2)cc1. The summed E-state index contributed by atoms with van der Waals surface area (Å²) in [5.41, 5.74) is 6.61. The Balaban J connectivity index is 1.85. The molecule has 1 aliphatic rings. The number of nitrogens with two attached hydrogens (primary N) is 1. The zero-order chi connectivity index (χ0) is 19.3. The van der Waals surface area contributed by atoms with Crippen LogP contribution in [0, 0.1) is 0 Å². The molecule has 0 spiro atoms. The number of aliphatic imine (C=N–C) groups is 1. The van der Waals surface area contributed by atoms with E-state index in [1.54, 1.807) is 11.2 Å². The number of hydrogen-bond donors (Lipinski definition) is 1. The number of amides is 1. The van der Waals surface area contributed by atoms with Crippen molar-refractivity contribution in [3.05, 3.63) is 29.8 Å². The monoisotopic (exact) mass is 380 g/mol. The van der Waals surface area contributed by atoms with Crippen molar-refractivity contribution in [2.75, 3.05) is 32.4 Å². The molecule has 26 heavy (non-hydrogen) atoms. The van der Waals surface area contributed by atoms with Gasteiger partial charge in [0, 0.05) is 48.1 Å². The first-order valence-electron chi connectivity index (χ1n) is 8.61. The second kappa shape index (κ2) is 8.53. The maximum Gasteiger partial charge on any atom is 0.410 e. The maximum atomic E-state index is 12.1. The summed E-state index contributed by atoms with van der Waals surface area (Å²) in [6.07, 6.45) is 1.36. The maximum absolute atomic E-state index is 12.1. The molecule has 0 saturated carbocycles. The Labute approximate surface area is 157 Å². The molecule has 8 heteroatoms. The van der Waals surface area contributed by atoms with Crippen molar-refractivity contribution < 1.29 is 13.7 Å². The second-order valence-electron chi connectivity index (χ2n) is 7.23. The fourth-order valence-electron chi connectivity index (χ4n) is 2.50. The molecule has 1 unspecified atom stereocenters. The highest BCUT2D eigenvalue weighted by Gasteiger charge is 2.26. The Morgan fingerprint density at radius 2 is 1.69 bits per heavy atom. The van der Waals surface area contributed by atoms with Gasteiger partial charge in [0.1, 0.15) is 5.60 Å². The zero-order valence-electron chi connectivity index (χ0n) is 15.9. The topological polar surface area (TPSA) is 88.2 Å². The van der Waals surface area contributed by atoms with E-state index in [0.29, 0.717) is 38.7 Å². The van der Waals surface area contributed by atoms with Crippen LogP contribution in [0.15, 0.2) is 34.2 Å². The van der Waals surface area contributed by atoms with Crippen molar-refractivity contribution in [3.8, 4) is 0 Å². The highest BCUT2D eigenvalue weighted by molar-refractivity contribution is 7.84. The number of guanidine groups is 1. The van der Waals surface area contributed by atoms with Crippen molar-refractivity contribution in [2.24, 2.45) is 10.7 Å². The molecular formula is C18H28N4O3S.